The van der Waals surface area contributed by atoms with E-state index in [4.69, 9.17) is 5.73 Å². The molecule has 6 heteroatoms. The first kappa shape index (κ1) is 11.9. The standard InChI is InChI=1S/C13H10N4OSe/c14-9-5-2-1-4-8(9)13(18)15-10-6-3-7-11-12(10)17-19-16-11/h1-7H,14H2,(H,15,18). The van der Waals surface area contributed by atoms with Crippen molar-refractivity contribution in [1.29, 1.82) is 0 Å². The van der Waals surface area contributed by atoms with Crippen LogP contribution in [0.2, 0.25) is 0 Å². The summed E-state index contributed by atoms with van der Waals surface area (Å²) in [6.07, 6.45) is 0. The number of carbonyl (C=O) groups excluding carboxylic acids is 1. The summed E-state index contributed by atoms with van der Waals surface area (Å²) in [5, 5.41) is 2.84. The van der Waals surface area contributed by atoms with Crippen LogP contribution in [-0.2, 0) is 0 Å². The molecule has 0 aliphatic heterocycles. The van der Waals surface area contributed by atoms with Gasteiger partial charge in [0, 0.05) is 0 Å². The van der Waals surface area contributed by atoms with Gasteiger partial charge in [-0.15, -0.1) is 0 Å². The molecule has 0 unspecified atom stereocenters. The van der Waals surface area contributed by atoms with E-state index >= 15 is 0 Å². The fraction of sp³-hybridized carbons (Fsp3) is 0. The van der Waals surface area contributed by atoms with Gasteiger partial charge in [-0.05, 0) is 0 Å². The number of nitrogens with zero attached hydrogens (tertiary/aromatic N) is 2. The number of anilines is 2. The number of hydrogen-bond acceptors (Lipinski definition) is 4. The van der Waals surface area contributed by atoms with Gasteiger partial charge in [-0.25, -0.2) is 0 Å². The van der Waals surface area contributed by atoms with Gasteiger partial charge in [0.25, 0.3) is 0 Å². The molecule has 3 N–H and O–H groups in total. The molecule has 5 nitrogen and oxygen atoms in total. The molecule has 0 bridgehead atoms. The van der Waals surface area contributed by atoms with Gasteiger partial charge in [-0.1, -0.05) is 0 Å². The second kappa shape index (κ2) is 4.84. The minimum atomic E-state index is -0.235. The van der Waals surface area contributed by atoms with Crippen molar-refractivity contribution in [3.8, 4) is 0 Å². The topological polar surface area (TPSA) is 80.9 Å². The van der Waals surface area contributed by atoms with Crippen molar-refractivity contribution in [1.82, 2.24) is 7.96 Å². The number of aromatic nitrogens is 2. The van der Waals surface area contributed by atoms with Crippen molar-refractivity contribution in [2.45, 2.75) is 0 Å². The molecule has 0 aliphatic rings. The van der Waals surface area contributed by atoms with E-state index in [1.165, 1.54) is 0 Å². The molecule has 0 spiro atoms. The van der Waals surface area contributed by atoms with E-state index in [0.29, 0.717) is 16.9 Å². The SMILES string of the molecule is Nc1ccccc1C(=O)Nc1cccc2n[se]nc12. The fourth-order valence-electron chi connectivity index (χ4n) is 1.80. The second-order valence-electron chi connectivity index (χ2n) is 3.98. The van der Waals surface area contributed by atoms with Gasteiger partial charge < -0.3 is 0 Å². The Morgan fingerprint density at radius 2 is 1.95 bits per heavy atom. The van der Waals surface area contributed by atoms with Crippen LogP contribution < -0.4 is 11.1 Å². The van der Waals surface area contributed by atoms with Gasteiger partial charge in [-0.2, -0.15) is 0 Å². The molecule has 1 heterocycles. The van der Waals surface area contributed by atoms with Crippen LogP contribution in [0.3, 0.4) is 0 Å². The van der Waals surface area contributed by atoms with Crippen molar-refractivity contribution < 1.29 is 4.79 Å². The molecule has 0 aliphatic carbocycles. The average molecular weight is 317 g/mol. The zero-order chi connectivity index (χ0) is 13.2. The van der Waals surface area contributed by atoms with E-state index in [1.807, 2.05) is 18.2 Å². The van der Waals surface area contributed by atoms with E-state index in [-0.39, 0.29) is 20.9 Å². The van der Waals surface area contributed by atoms with Crippen molar-refractivity contribution >= 4 is 43.3 Å². The number of amides is 1. The fourth-order valence-corrected chi connectivity index (χ4v) is 2.95. The third kappa shape index (κ3) is 2.23. The summed E-state index contributed by atoms with van der Waals surface area (Å²) in [7, 11) is 0. The van der Waals surface area contributed by atoms with Crippen molar-refractivity contribution in [3.63, 3.8) is 0 Å². The zero-order valence-electron chi connectivity index (χ0n) is 9.83. The number of carbonyl (C=O) groups is 1. The summed E-state index contributed by atoms with van der Waals surface area (Å²) >= 11 is -0.116. The summed E-state index contributed by atoms with van der Waals surface area (Å²) in [6.45, 7) is 0. The third-order valence-corrected chi connectivity index (χ3v) is 3.88. The van der Waals surface area contributed by atoms with Crippen LogP contribution in [0.15, 0.2) is 42.5 Å². The van der Waals surface area contributed by atoms with Gasteiger partial charge in [0.15, 0.2) is 0 Å². The van der Waals surface area contributed by atoms with E-state index in [9.17, 15) is 4.79 Å². The van der Waals surface area contributed by atoms with E-state index in [2.05, 4.69) is 13.3 Å². The number of benzene rings is 2. The Bertz CT molecular complexity index is 753. The predicted octanol–water partition coefficient (Wildman–Crippen LogP) is 1.52. The van der Waals surface area contributed by atoms with Gasteiger partial charge in [0.05, 0.1) is 0 Å². The predicted molar refractivity (Wildman–Crippen MR) is 75.3 cm³/mol. The molecule has 94 valence electrons. The quantitative estimate of drug-likeness (QED) is 0.555. The van der Waals surface area contributed by atoms with Crippen LogP contribution in [0.4, 0.5) is 11.4 Å². The van der Waals surface area contributed by atoms with Crippen molar-refractivity contribution in [2.75, 3.05) is 11.1 Å². The summed E-state index contributed by atoms with van der Waals surface area (Å²) < 4.78 is 8.60. The van der Waals surface area contributed by atoms with E-state index < -0.39 is 0 Å². The van der Waals surface area contributed by atoms with Gasteiger partial charge in [0.2, 0.25) is 0 Å². The number of hydrogen-bond donors (Lipinski definition) is 2. The zero-order valence-corrected chi connectivity index (χ0v) is 11.5. The van der Waals surface area contributed by atoms with Crippen LogP contribution in [0.5, 0.6) is 0 Å². The first-order valence-electron chi connectivity index (χ1n) is 5.63. The van der Waals surface area contributed by atoms with Crippen molar-refractivity contribution in [2.24, 2.45) is 0 Å². The summed E-state index contributed by atoms with van der Waals surface area (Å²) in [6, 6.07) is 12.5. The number of nitrogens with one attached hydrogen (secondary N) is 1. The number of fused-ring (bicyclic) bond motifs is 1. The van der Waals surface area contributed by atoms with Gasteiger partial charge in [-0.3, -0.25) is 0 Å². The number of para-hydroxylation sites is 1. The summed E-state index contributed by atoms with van der Waals surface area (Å²) in [4.78, 5) is 12.2. The Morgan fingerprint density at radius 1 is 1.11 bits per heavy atom. The minimum absolute atomic E-state index is 0.116. The third-order valence-electron chi connectivity index (χ3n) is 2.74. The molecule has 1 aromatic heterocycles. The molecule has 0 atom stereocenters. The van der Waals surface area contributed by atoms with E-state index in [1.54, 1.807) is 24.3 Å². The van der Waals surface area contributed by atoms with Crippen LogP contribution >= 0.6 is 0 Å². The Morgan fingerprint density at radius 3 is 2.79 bits per heavy atom. The van der Waals surface area contributed by atoms with Crippen LogP contribution in [0.25, 0.3) is 11.0 Å². The molecule has 0 radical (unpaired) electrons. The molecule has 1 amide bonds. The second-order valence-corrected chi connectivity index (χ2v) is 5.09. The number of nitrogens with two attached hydrogens (primary N) is 1. The van der Waals surface area contributed by atoms with Crippen molar-refractivity contribution in [3.05, 3.63) is 48.0 Å². The van der Waals surface area contributed by atoms with Gasteiger partial charge in [0.1, 0.15) is 0 Å². The first-order chi connectivity index (χ1) is 9.25. The maximum absolute atomic E-state index is 12.2. The van der Waals surface area contributed by atoms with Crippen LogP contribution in [-0.4, -0.2) is 28.8 Å². The molecule has 19 heavy (non-hydrogen) atoms. The number of nitrogen functional groups attached to an aromatic ring is 1. The normalized spacial score (nSPS) is 10.5. The molecule has 2 aromatic carbocycles. The molecular formula is C13H10N4OSe. The number of rotatable bonds is 2. The van der Waals surface area contributed by atoms with Gasteiger partial charge >= 0.3 is 115 Å². The molecule has 0 saturated carbocycles. The Labute approximate surface area is 115 Å². The Balaban J connectivity index is 1.95. The summed E-state index contributed by atoms with van der Waals surface area (Å²) in [5.41, 5.74) is 8.97. The maximum atomic E-state index is 12.2. The Hall–Kier alpha value is -2.17. The monoisotopic (exact) mass is 318 g/mol. The van der Waals surface area contributed by atoms with Crippen LogP contribution in [0.1, 0.15) is 10.4 Å². The molecule has 3 rings (SSSR count). The van der Waals surface area contributed by atoms with E-state index in [0.717, 1.165) is 11.0 Å². The molecule has 3 aromatic rings. The summed E-state index contributed by atoms with van der Waals surface area (Å²) in [5.74, 6) is -0.235. The first-order valence-corrected chi connectivity index (χ1v) is 7.16. The molecule has 0 saturated heterocycles. The molecular weight excluding hydrogens is 307 g/mol. The Kier molecular flexibility index (Phi) is 3.03. The molecule has 0 fully saturated rings. The van der Waals surface area contributed by atoms with Crippen LogP contribution in [0, 0.1) is 0 Å². The average Bonchev–Trinajstić information content (AvgIpc) is 2.88.